The van der Waals surface area contributed by atoms with E-state index in [9.17, 15) is 78.3 Å². The van der Waals surface area contributed by atoms with Crippen molar-refractivity contribution in [3.05, 3.63) is 35.9 Å². The molecular weight excluding hydrogens is 1080 g/mol. The SMILES string of the molecule is CC[C@]12C=CCN3CC[C@@]4(c5ccc(OC)cc5N(C)[C@H]4[C@@](O)(C(=O)NNC(=O)OCCSSCCNC(=O)CNC(=O)[C@H](CC(=O)O)NC(=O)CC[C@H](NC(=O)CC[C@H](NC(=O)NCCCC(=O)O)C(=O)O)C(=O)O)[C@@H]1O)C32. The van der Waals surface area contributed by atoms with Crippen LogP contribution >= 0.6 is 21.6 Å². The molecule has 1 saturated carbocycles. The summed E-state index contributed by atoms with van der Waals surface area (Å²) in [6.45, 7) is 2.56. The maximum absolute atomic E-state index is 14.2. The van der Waals surface area contributed by atoms with Gasteiger partial charge in [-0.2, -0.15) is 0 Å². The summed E-state index contributed by atoms with van der Waals surface area (Å²) >= 11 is 0. The zero-order chi connectivity index (χ0) is 58.2. The minimum absolute atomic E-state index is 0.0716. The molecule has 0 aromatic heterocycles. The fraction of sp³-hybridized carbons (Fsp3) is 0.604. The van der Waals surface area contributed by atoms with Gasteiger partial charge < -0.3 is 76.9 Å². The Hall–Kier alpha value is -7.09. The van der Waals surface area contributed by atoms with E-state index in [0.717, 1.165) is 11.3 Å². The van der Waals surface area contributed by atoms with Crippen LogP contribution in [0.3, 0.4) is 0 Å². The first-order valence-electron chi connectivity index (χ1n) is 25.2. The van der Waals surface area contributed by atoms with Gasteiger partial charge in [-0.05, 0) is 50.3 Å². The molecule has 436 valence electrons. The highest BCUT2D eigenvalue weighted by atomic mass is 33.1. The van der Waals surface area contributed by atoms with Crippen molar-refractivity contribution in [3.8, 4) is 5.75 Å². The number of likely N-dealkylation sites (N-methyl/N-ethyl adjacent to an activating group) is 1. The average Bonchev–Trinajstić information content (AvgIpc) is 2.76. The first-order valence-corrected chi connectivity index (χ1v) is 27.7. The summed E-state index contributed by atoms with van der Waals surface area (Å²) in [6.07, 6.45) is -1.01. The van der Waals surface area contributed by atoms with Gasteiger partial charge in [0.2, 0.25) is 23.6 Å². The molecule has 5 rings (SSSR count). The van der Waals surface area contributed by atoms with E-state index in [1.54, 1.807) is 14.2 Å². The lowest BCUT2D eigenvalue weighted by atomic mass is 9.47. The molecule has 1 aromatic rings. The van der Waals surface area contributed by atoms with E-state index in [1.165, 1.54) is 21.6 Å². The van der Waals surface area contributed by atoms with Gasteiger partial charge in [-0.15, -0.1) is 0 Å². The van der Waals surface area contributed by atoms with Crippen molar-refractivity contribution in [2.75, 3.05) is 69.9 Å². The highest BCUT2D eigenvalue weighted by Gasteiger charge is 2.78. The summed E-state index contributed by atoms with van der Waals surface area (Å²) in [5.74, 6) is -9.14. The van der Waals surface area contributed by atoms with Gasteiger partial charge in [0.25, 0.3) is 5.91 Å². The van der Waals surface area contributed by atoms with Crippen molar-refractivity contribution in [1.29, 1.82) is 0 Å². The van der Waals surface area contributed by atoms with Gasteiger partial charge in [-0.25, -0.2) is 24.6 Å². The predicted octanol–water partition coefficient (Wildman–Crippen LogP) is -2.02. The number of urea groups is 1. The highest BCUT2D eigenvalue weighted by Crippen LogP contribution is 2.66. The number of nitrogens with zero attached hydrogens (tertiary/aromatic N) is 2. The Morgan fingerprint density at radius 1 is 0.785 bits per heavy atom. The van der Waals surface area contributed by atoms with Gasteiger partial charge in [0.05, 0.1) is 26.1 Å². The lowest BCUT2D eigenvalue weighted by molar-refractivity contribution is -0.204. The maximum atomic E-state index is 14.2. The van der Waals surface area contributed by atoms with Crippen LogP contribution in [0.4, 0.5) is 15.3 Å². The summed E-state index contributed by atoms with van der Waals surface area (Å²) in [7, 11) is 5.89. The number of aliphatic hydroxyl groups is 2. The van der Waals surface area contributed by atoms with Crippen molar-refractivity contribution >= 4 is 92.8 Å². The van der Waals surface area contributed by atoms with Crippen LogP contribution in [-0.4, -0.2) is 208 Å². The zero-order valence-electron chi connectivity index (χ0n) is 43.6. The van der Waals surface area contributed by atoms with Gasteiger partial charge >= 0.3 is 36.0 Å². The number of carbonyl (C=O) groups excluding carboxylic acids is 7. The molecular formula is C48H68N10O19S2. The lowest BCUT2D eigenvalue weighted by Crippen LogP contribution is -2.82. The maximum Gasteiger partial charge on any atom is 0.426 e. The molecule has 0 radical (unpaired) electrons. The Balaban J connectivity index is 0.983. The van der Waals surface area contributed by atoms with Crippen LogP contribution in [0, 0.1) is 5.41 Å². The number of anilines is 1. The van der Waals surface area contributed by atoms with Crippen molar-refractivity contribution in [2.24, 2.45) is 5.41 Å². The van der Waals surface area contributed by atoms with E-state index < -0.39 is 151 Å². The predicted molar refractivity (Wildman–Crippen MR) is 280 cm³/mol. The van der Waals surface area contributed by atoms with E-state index in [0.29, 0.717) is 37.4 Å². The summed E-state index contributed by atoms with van der Waals surface area (Å²) in [4.78, 5) is 139. The number of hydrogen-bond donors (Lipinski definition) is 14. The molecule has 4 aliphatic rings. The molecule has 1 spiro atoms. The monoisotopic (exact) mass is 1150 g/mol. The highest BCUT2D eigenvalue weighted by molar-refractivity contribution is 8.76. The van der Waals surface area contributed by atoms with Crippen LogP contribution in [-0.2, 0) is 53.3 Å². The molecule has 79 heavy (non-hydrogen) atoms. The third kappa shape index (κ3) is 15.0. The number of carbonyl (C=O) groups is 11. The van der Waals surface area contributed by atoms with Crippen molar-refractivity contribution in [2.45, 2.75) is 112 Å². The number of aliphatic hydroxyl groups excluding tert-OH is 1. The number of fused-ring (bicyclic) bond motifs is 1. The first-order chi connectivity index (χ1) is 37.5. The third-order valence-electron chi connectivity index (χ3n) is 14.4. The van der Waals surface area contributed by atoms with Gasteiger partial charge in [0, 0.05) is 86.1 Å². The number of nitrogens with one attached hydrogen (secondary N) is 8. The standard InChI is InChI=1S/C48H68N10O19S2/c1-4-46-14-6-18-58-19-15-47(40(46)58)27-9-8-26(76-3)23-31(27)57(2)41(47)48(75,42(46)71)43(72)55-56-45(74)77-20-22-79-78-21-17-49-34(61)25-51-37(66)30(24-36(64)65)53-33(60)12-10-28(38(67)68)52-32(59)13-11-29(39(69)70)54-44(73)50-16-5-7-35(62)63/h6,8-9,14,23,28-30,40-42,71,75H,4-5,7,10-13,15-22,24-25H2,1-3H3,(H,49,61)(H,51,66)(H,52,59)(H,53,60)(H,55,72)(H,56,74)(H,62,63)(H,64,65)(H,67,68)(H,69,70)(H2,50,54,73)/t28-,29-,30-,40?,41+,42+,46+,47+,48-/m0/s1. The Labute approximate surface area is 460 Å². The van der Waals surface area contributed by atoms with Gasteiger partial charge in [-0.1, -0.05) is 46.7 Å². The lowest BCUT2D eigenvalue weighted by Gasteiger charge is -2.63. The molecule has 14 N–H and O–H groups in total. The van der Waals surface area contributed by atoms with Crippen LogP contribution < -0.4 is 52.4 Å². The van der Waals surface area contributed by atoms with Crippen molar-refractivity contribution in [1.82, 2.24) is 47.7 Å². The number of rotatable bonds is 30. The van der Waals surface area contributed by atoms with E-state index >= 15 is 0 Å². The van der Waals surface area contributed by atoms with Gasteiger partial charge in [0.15, 0.2) is 5.60 Å². The largest absolute Gasteiger partial charge is 0.497 e. The van der Waals surface area contributed by atoms with Gasteiger partial charge in [-0.3, -0.25) is 43.9 Å². The average molecular weight is 1150 g/mol. The van der Waals surface area contributed by atoms with E-state index in [-0.39, 0.29) is 44.3 Å². The molecule has 3 aliphatic heterocycles. The molecule has 2 fully saturated rings. The summed E-state index contributed by atoms with van der Waals surface area (Å²) in [5, 5.41) is 75.4. The minimum Gasteiger partial charge on any atom is -0.497 e. The number of benzene rings is 1. The number of ether oxygens (including phenoxy) is 2. The molecule has 1 aliphatic carbocycles. The molecule has 0 bridgehead atoms. The van der Waals surface area contributed by atoms with Crippen molar-refractivity contribution < 1.29 is 92.9 Å². The Kier molecular flexibility index (Phi) is 22.4. The second-order valence-electron chi connectivity index (χ2n) is 19.1. The Morgan fingerprint density at radius 3 is 2.08 bits per heavy atom. The number of carboxylic acid groups (broad SMARTS) is 4. The first kappa shape index (κ1) is 62.7. The van der Waals surface area contributed by atoms with Gasteiger partial charge in [0.1, 0.15) is 36.6 Å². The van der Waals surface area contributed by atoms with Crippen molar-refractivity contribution in [3.63, 3.8) is 0 Å². The fourth-order valence-corrected chi connectivity index (χ4v) is 12.7. The molecule has 8 amide bonds. The second-order valence-corrected chi connectivity index (χ2v) is 21.9. The molecule has 29 nitrogen and oxygen atoms in total. The molecule has 31 heteroatoms. The number of aliphatic carboxylic acids is 4. The quantitative estimate of drug-likeness (QED) is 0.0171. The van der Waals surface area contributed by atoms with Crippen LogP contribution in [0.2, 0.25) is 0 Å². The fourth-order valence-electron chi connectivity index (χ4n) is 10.9. The minimum atomic E-state index is -2.42. The second kappa shape index (κ2) is 28.2. The Bertz CT molecular complexity index is 2510. The molecule has 1 saturated heterocycles. The number of amides is 8. The van der Waals surface area contributed by atoms with E-state index in [1.807, 2.05) is 42.2 Å². The number of methoxy groups -OCH3 is 1. The van der Waals surface area contributed by atoms with E-state index in [2.05, 4.69) is 47.7 Å². The van der Waals surface area contributed by atoms with Crippen LogP contribution in [0.1, 0.15) is 70.3 Å². The molecule has 1 aromatic carbocycles. The zero-order valence-corrected chi connectivity index (χ0v) is 45.2. The summed E-state index contributed by atoms with van der Waals surface area (Å²) < 4.78 is 10.7. The summed E-state index contributed by atoms with van der Waals surface area (Å²) in [5.41, 5.74) is 1.99. The molecule has 9 atom stereocenters. The number of carboxylic acids is 4. The number of hydrogen-bond acceptors (Lipinski definition) is 19. The van der Waals surface area contributed by atoms with E-state index in [4.69, 9.17) is 14.6 Å². The molecule has 3 heterocycles. The summed E-state index contributed by atoms with van der Waals surface area (Å²) in [6, 6.07) is -1.40. The normalized spacial score (nSPS) is 23.4. The third-order valence-corrected chi connectivity index (χ3v) is 16.7. The van der Waals surface area contributed by atoms with Crippen LogP contribution in [0.25, 0.3) is 0 Å². The van der Waals surface area contributed by atoms with Crippen LogP contribution in [0.15, 0.2) is 30.4 Å². The topological polar surface area (TPSA) is 430 Å². The Morgan fingerprint density at radius 2 is 1.44 bits per heavy atom. The smallest absolute Gasteiger partial charge is 0.426 e. The van der Waals surface area contributed by atoms with Crippen LogP contribution in [0.5, 0.6) is 5.75 Å². The number of hydrazine groups is 1. The molecule has 1 unspecified atom stereocenters.